The molecule has 0 bridgehead atoms. The van der Waals surface area contributed by atoms with Crippen molar-refractivity contribution in [3.63, 3.8) is 0 Å². The molecule has 0 radical (unpaired) electrons. The predicted octanol–water partition coefficient (Wildman–Crippen LogP) is 2.10. The minimum atomic E-state index is -0.789. The molecule has 2 N–H and O–H groups in total. The van der Waals surface area contributed by atoms with Gasteiger partial charge in [0.25, 0.3) is 0 Å². The lowest BCUT2D eigenvalue weighted by atomic mass is 9.82. The molecule has 0 amide bonds. The number of methoxy groups -OCH3 is 1. The molecule has 19 heavy (non-hydrogen) atoms. The molecule has 106 valence electrons. The van der Waals surface area contributed by atoms with E-state index in [4.69, 9.17) is 4.74 Å². The maximum atomic E-state index is 11.4. The van der Waals surface area contributed by atoms with E-state index in [2.05, 4.69) is 15.3 Å². The van der Waals surface area contributed by atoms with Crippen molar-refractivity contribution in [1.82, 2.24) is 9.97 Å². The van der Waals surface area contributed by atoms with Crippen LogP contribution < -0.4 is 10.1 Å². The molecule has 0 aromatic carbocycles. The Hall–Kier alpha value is -1.85. The predicted molar refractivity (Wildman–Crippen MR) is 72.5 cm³/mol. The van der Waals surface area contributed by atoms with Crippen molar-refractivity contribution < 1.29 is 14.6 Å². The second kappa shape index (κ2) is 6.36. The number of carbonyl (C=O) groups is 1. The second-order valence-corrected chi connectivity index (χ2v) is 4.49. The van der Waals surface area contributed by atoms with Gasteiger partial charge in [0.2, 0.25) is 5.88 Å². The summed E-state index contributed by atoms with van der Waals surface area (Å²) in [5.41, 5.74) is -0.772. The average molecular weight is 267 g/mol. The van der Waals surface area contributed by atoms with Crippen molar-refractivity contribution in [2.75, 3.05) is 19.0 Å². The molecular formula is C13H21N3O3. The van der Waals surface area contributed by atoms with E-state index in [9.17, 15) is 9.90 Å². The van der Waals surface area contributed by atoms with Gasteiger partial charge in [0.1, 0.15) is 11.6 Å². The molecule has 1 heterocycles. The third-order valence-corrected chi connectivity index (χ3v) is 3.44. The lowest BCUT2D eigenvalue weighted by molar-refractivity contribution is -0.148. The van der Waals surface area contributed by atoms with Crippen LogP contribution in [-0.2, 0) is 4.79 Å². The van der Waals surface area contributed by atoms with E-state index in [-0.39, 0.29) is 0 Å². The third kappa shape index (κ3) is 3.56. The van der Waals surface area contributed by atoms with Gasteiger partial charge in [-0.25, -0.2) is 4.98 Å². The van der Waals surface area contributed by atoms with Gasteiger partial charge in [-0.15, -0.1) is 0 Å². The van der Waals surface area contributed by atoms with Crippen molar-refractivity contribution >= 4 is 11.8 Å². The normalized spacial score (nSPS) is 11.2. The van der Waals surface area contributed by atoms with E-state index < -0.39 is 11.4 Å². The number of carboxylic acids is 1. The van der Waals surface area contributed by atoms with Crippen molar-refractivity contribution in [3.05, 3.63) is 11.9 Å². The molecule has 0 fully saturated rings. The van der Waals surface area contributed by atoms with E-state index in [1.165, 1.54) is 7.11 Å². The first-order valence-electron chi connectivity index (χ1n) is 6.34. The molecule has 0 aliphatic rings. The molecule has 1 aromatic heterocycles. The van der Waals surface area contributed by atoms with Gasteiger partial charge in [-0.3, -0.25) is 4.79 Å². The summed E-state index contributed by atoms with van der Waals surface area (Å²) in [5, 5.41) is 12.4. The molecule has 0 saturated carbocycles. The molecule has 1 aromatic rings. The number of aliphatic carboxylic acids is 1. The standard InChI is InChI=1S/C13H21N3O3/c1-5-13(6-2,12(17)18)8-14-10-7-11(19-4)16-9(3)15-10/h7H,5-6,8H2,1-4H3,(H,17,18)(H,14,15,16). The fourth-order valence-corrected chi connectivity index (χ4v) is 1.87. The van der Waals surface area contributed by atoms with Crippen LogP contribution in [0.1, 0.15) is 32.5 Å². The quantitative estimate of drug-likeness (QED) is 0.787. The minimum absolute atomic E-state index is 0.328. The largest absolute Gasteiger partial charge is 0.481 e. The van der Waals surface area contributed by atoms with Crippen LogP contribution in [0.4, 0.5) is 5.82 Å². The Balaban J connectivity index is 2.85. The van der Waals surface area contributed by atoms with E-state index in [0.717, 1.165) is 0 Å². The SMILES string of the molecule is CCC(CC)(CNc1cc(OC)nc(C)n1)C(=O)O. The number of anilines is 1. The Morgan fingerprint density at radius 2 is 2.05 bits per heavy atom. The Bertz CT molecular complexity index is 445. The van der Waals surface area contributed by atoms with Gasteiger partial charge in [-0.2, -0.15) is 4.98 Å². The number of hydrogen-bond acceptors (Lipinski definition) is 5. The molecule has 0 aliphatic heterocycles. The van der Waals surface area contributed by atoms with Gasteiger partial charge >= 0.3 is 5.97 Å². The van der Waals surface area contributed by atoms with Crippen LogP contribution in [0.5, 0.6) is 5.88 Å². The van der Waals surface area contributed by atoms with Crippen molar-refractivity contribution in [3.8, 4) is 5.88 Å². The minimum Gasteiger partial charge on any atom is -0.481 e. The van der Waals surface area contributed by atoms with Crippen LogP contribution in [0.2, 0.25) is 0 Å². The van der Waals surface area contributed by atoms with Gasteiger partial charge in [-0.05, 0) is 19.8 Å². The van der Waals surface area contributed by atoms with Gasteiger partial charge in [-0.1, -0.05) is 13.8 Å². The number of nitrogens with zero attached hydrogens (tertiary/aromatic N) is 2. The molecular weight excluding hydrogens is 246 g/mol. The summed E-state index contributed by atoms with van der Waals surface area (Å²) >= 11 is 0. The second-order valence-electron chi connectivity index (χ2n) is 4.49. The zero-order valence-electron chi connectivity index (χ0n) is 11.9. The van der Waals surface area contributed by atoms with Crippen LogP contribution in [0.15, 0.2) is 6.07 Å². The highest BCUT2D eigenvalue weighted by Crippen LogP contribution is 2.27. The molecule has 0 spiro atoms. The van der Waals surface area contributed by atoms with E-state index in [0.29, 0.717) is 36.9 Å². The van der Waals surface area contributed by atoms with Crippen LogP contribution in [0.3, 0.4) is 0 Å². The van der Waals surface area contributed by atoms with Crippen LogP contribution in [0, 0.1) is 12.3 Å². The lowest BCUT2D eigenvalue weighted by Crippen LogP contribution is -2.37. The molecule has 6 nitrogen and oxygen atoms in total. The summed E-state index contributed by atoms with van der Waals surface area (Å²) in [4.78, 5) is 19.7. The lowest BCUT2D eigenvalue weighted by Gasteiger charge is -2.27. The highest BCUT2D eigenvalue weighted by Gasteiger charge is 2.34. The first kappa shape index (κ1) is 15.2. The average Bonchev–Trinajstić information content (AvgIpc) is 2.39. The van der Waals surface area contributed by atoms with E-state index in [1.807, 2.05) is 13.8 Å². The summed E-state index contributed by atoms with van der Waals surface area (Å²) in [6, 6.07) is 1.66. The Kier molecular flexibility index (Phi) is 5.09. The van der Waals surface area contributed by atoms with Crippen LogP contribution >= 0.6 is 0 Å². The first-order valence-corrected chi connectivity index (χ1v) is 6.34. The zero-order chi connectivity index (χ0) is 14.5. The van der Waals surface area contributed by atoms with Gasteiger partial charge in [0, 0.05) is 12.6 Å². The Morgan fingerprint density at radius 3 is 2.53 bits per heavy atom. The summed E-state index contributed by atoms with van der Waals surface area (Å²) in [6.07, 6.45) is 1.13. The molecule has 0 aliphatic carbocycles. The highest BCUT2D eigenvalue weighted by molar-refractivity contribution is 5.75. The summed E-state index contributed by atoms with van der Waals surface area (Å²) in [6.45, 7) is 5.85. The summed E-state index contributed by atoms with van der Waals surface area (Å²) in [7, 11) is 1.53. The Labute approximate surface area is 113 Å². The summed E-state index contributed by atoms with van der Waals surface area (Å²) in [5.74, 6) is 0.833. The maximum Gasteiger partial charge on any atom is 0.311 e. The third-order valence-electron chi connectivity index (χ3n) is 3.44. The van der Waals surface area contributed by atoms with Crippen molar-refractivity contribution in [2.24, 2.45) is 5.41 Å². The van der Waals surface area contributed by atoms with Crippen LogP contribution in [0.25, 0.3) is 0 Å². The fraction of sp³-hybridized carbons (Fsp3) is 0.615. The zero-order valence-corrected chi connectivity index (χ0v) is 11.9. The first-order chi connectivity index (χ1) is 8.97. The number of rotatable bonds is 7. The van der Waals surface area contributed by atoms with Gasteiger partial charge < -0.3 is 15.2 Å². The van der Waals surface area contributed by atoms with E-state index in [1.54, 1.807) is 13.0 Å². The molecule has 0 atom stereocenters. The molecule has 1 rings (SSSR count). The number of hydrogen-bond donors (Lipinski definition) is 2. The monoisotopic (exact) mass is 267 g/mol. The number of carboxylic acid groups (broad SMARTS) is 1. The Morgan fingerprint density at radius 1 is 1.42 bits per heavy atom. The van der Waals surface area contributed by atoms with Crippen molar-refractivity contribution in [2.45, 2.75) is 33.6 Å². The fourth-order valence-electron chi connectivity index (χ4n) is 1.87. The number of aromatic nitrogens is 2. The van der Waals surface area contributed by atoms with Gasteiger partial charge in [0.05, 0.1) is 12.5 Å². The molecule has 0 saturated heterocycles. The molecule has 6 heteroatoms. The van der Waals surface area contributed by atoms with Gasteiger partial charge in [0.15, 0.2) is 0 Å². The topological polar surface area (TPSA) is 84.3 Å². The number of aryl methyl sites for hydroxylation is 1. The number of nitrogens with one attached hydrogen (secondary N) is 1. The van der Waals surface area contributed by atoms with E-state index >= 15 is 0 Å². The number of ether oxygens (including phenoxy) is 1. The maximum absolute atomic E-state index is 11.4. The highest BCUT2D eigenvalue weighted by atomic mass is 16.5. The van der Waals surface area contributed by atoms with Crippen LogP contribution in [-0.4, -0.2) is 34.7 Å². The smallest absolute Gasteiger partial charge is 0.311 e. The molecule has 0 unspecified atom stereocenters. The van der Waals surface area contributed by atoms with Crippen molar-refractivity contribution in [1.29, 1.82) is 0 Å². The summed E-state index contributed by atoms with van der Waals surface area (Å²) < 4.78 is 5.06.